The first kappa shape index (κ1) is 14.6. The van der Waals surface area contributed by atoms with Gasteiger partial charge in [-0.2, -0.15) is 26.3 Å². The Morgan fingerprint density at radius 3 is 2.20 bits per heavy atom. The Balaban J connectivity index is 2.55. The SMILES string of the molecule is CC(N)(c1nc2ccc(C(F)(F)F)cc2[nH]1)C(F)(F)F. The van der Waals surface area contributed by atoms with Crippen LogP contribution in [0, 0.1) is 0 Å². The second-order valence-corrected chi connectivity index (χ2v) is 4.52. The molecule has 0 bridgehead atoms. The summed E-state index contributed by atoms with van der Waals surface area (Å²) in [6.07, 6.45) is -9.37. The molecule has 0 aliphatic carbocycles. The Bertz CT molecular complexity index is 638. The van der Waals surface area contributed by atoms with Crippen molar-refractivity contribution in [3.8, 4) is 0 Å². The number of aromatic amines is 1. The van der Waals surface area contributed by atoms with Crippen molar-refractivity contribution in [2.45, 2.75) is 24.8 Å². The molecule has 1 atom stereocenters. The summed E-state index contributed by atoms with van der Waals surface area (Å²) in [5.41, 5.74) is 1.23. The summed E-state index contributed by atoms with van der Waals surface area (Å²) in [4.78, 5) is 5.80. The van der Waals surface area contributed by atoms with Crippen molar-refractivity contribution in [1.29, 1.82) is 0 Å². The molecule has 9 heteroatoms. The lowest BCUT2D eigenvalue weighted by Gasteiger charge is -2.24. The zero-order chi connectivity index (χ0) is 15.3. The second-order valence-electron chi connectivity index (χ2n) is 4.52. The first-order valence-electron chi connectivity index (χ1n) is 5.36. The van der Waals surface area contributed by atoms with Gasteiger partial charge in [0.05, 0.1) is 16.6 Å². The molecule has 0 aliphatic rings. The zero-order valence-electron chi connectivity index (χ0n) is 10.0. The minimum absolute atomic E-state index is 0.0195. The number of hydrogen-bond donors (Lipinski definition) is 2. The van der Waals surface area contributed by atoms with Crippen molar-refractivity contribution in [3.05, 3.63) is 29.6 Å². The summed E-state index contributed by atoms with van der Waals surface area (Å²) >= 11 is 0. The summed E-state index contributed by atoms with van der Waals surface area (Å²) < 4.78 is 75.8. The van der Waals surface area contributed by atoms with E-state index in [9.17, 15) is 26.3 Å². The zero-order valence-corrected chi connectivity index (χ0v) is 10.0. The normalized spacial score (nSPS) is 16.4. The molecule has 1 unspecified atom stereocenters. The van der Waals surface area contributed by atoms with Crippen LogP contribution in [-0.2, 0) is 11.7 Å². The molecule has 3 N–H and O–H groups in total. The second kappa shape index (κ2) is 4.11. The van der Waals surface area contributed by atoms with Gasteiger partial charge in [-0.3, -0.25) is 0 Å². The quantitative estimate of drug-likeness (QED) is 0.793. The topological polar surface area (TPSA) is 54.7 Å². The molecule has 3 nitrogen and oxygen atoms in total. The van der Waals surface area contributed by atoms with Crippen LogP contribution in [0.3, 0.4) is 0 Å². The van der Waals surface area contributed by atoms with E-state index in [-0.39, 0.29) is 11.0 Å². The molecule has 0 saturated carbocycles. The molecule has 0 spiro atoms. The number of rotatable bonds is 1. The van der Waals surface area contributed by atoms with Crippen LogP contribution in [0.4, 0.5) is 26.3 Å². The van der Waals surface area contributed by atoms with Crippen molar-refractivity contribution in [1.82, 2.24) is 9.97 Å². The molecule has 0 fully saturated rings. The van der Waals surface area contributed by atoms with Crippen molar-refractivity contribution in [2.24, 2.45) is 5.73 Å². The number of benzene rings is 1. The maximum atomic E-state index is 12.8. The highest BCUT2D eigenvalue weighted by Gasteiger charge is 2.51. The highest BCUT2D eigenvalue weighted by atomic mass is 19.4. The fraction of sp³-hybridized carbons (Fsp3) is 0.364. The third-order valence-electron chi connectivity index (χ3n) is 2.89. The van der Waals surface area contributed by atoms with Crippen molar-refractivity contribution in [2.75, 3.05) is 0 Å². The van der Waals surface area contributed by atoms with Gasteiger partial charge in [0.15, 0.2) is 5.54 Å². The van der Waals surface area contributed by atoms with E-state index in [4.69, 9.17) is 5.73 Å². The number of nitrogens with one attached hydrogen (secondary N) is 1. The highest BCUT2D eigenvalue weighted by Crippen LogP contribution is 2.36. The van der Waals surface area contributed by atoms with Crippen LogP contribution in [-0.4, -0.2) is 16.1 Å². The number of aromatic nitrogens is 2. The van der Waals surface area contributed by atoms with E-state index >= 15 is 0 Å². The van der Waals surface area contributed by atoms with Crippen LogP contribution < -0.4 is 5.73 Å². The molecular weight excluding hydrogens is 288 g/mol. The first-order valence-corrected chi connectivity index (χ1v) is 5.36. The summed E-state index contributed by atoms with van der Waals surface area (Å²) in [6.45, 7) is 0.690. The molecule has 20 heavy (non-hydrogen) atoms. The molecule has 0 amide bonds. The number of nitrogens with zero attached hydrogens (tertiary/aromatic N) is 1. The maximum Gasteiger partial charge on any atom is 0.416 e. The number of fused-ring (bicyclic) bond motifs is 1. The third kappa shape index (κ3) is 2.33. The Labute approximate surface area is 108 Å². The monoisotopic (exact) mass is 297 g/mol. The average Bonchev–Trinajstić information content (AvgIpc) is 2.68. The van der Waals surface area contributed by atoms with Crippen LogP contribution >= 0.6 is 0 Å². The van der Waals surface area contributed by atoms with Crippen molar-refractivity contribution in [3.63, 3.8) is 0 Å². The van der Waals surface area contributed by atoms with E-state index in [2.05, 4.69) is 9.97 Å². The largest absolute Gasteiger partial charge is 0.416 e. The number of H-pyrrole nitrogens is 1. The Morgan fingerprint density at radius 1 is 1.10 bits per heavy atom. The number of alkyl halides is 6. The van der Waals surface area contributed by atoms with E-state index in [1.54, 1.807) is 0 Å². The Hall–Kier alpha value is -1.77. The molecule has 0 radical (unpaired) electrons. The number of halogens is 6. The number of nitrogens with two attached hydrogens (primary N) is 1. The molecule has 1 aromatic carbocycles. The minimum atomic E-state index is -4.78. The summed E-state index contributed by atoms with van der Waals surface area (Å²) in [5, 5.41) is 0. The van der Waals surface area contributed by atoms with E-state index in [1.807, 2.05) is 0 Å². The van der Waals surface area contributed by atoms with E-state index in [0.29, 0.717) is 13.0 Å². The van der Waals surface area contributed by atoms with Gasteiger partial charge < -0.3 is 10.7 Å². The van der Waals surface area contributed by atoms with Crippen LogP contribution in [0.1, 0.15) is 18.3 Å². The van der Waals surface area contributed by atoms with Gasteiger partial charge in [0.2, 0.25) is 0 Å². The number of imidazole rings is 1. The molecule has 110 valence electrons. The van der Waals surface area contributed by atoms with Gasteiger partial charge in [0.25, 0.3) is 0 Å². The van der Waals surface area contributed by atoms with Gasteiger partial charge in [-0.1, -0.05) is 0 Å². The van der Waals surface area contributed by atoms with E-state index in [0.717, 1.165) is 12.1 Å². The predicted octanol–water partition coefficient (Wildman–Crippen LogP) is 3.32. The average molecular weight is 297 g/mol. The van der Waals surface area contributed by atoms with Gasteiger partial charge >= 0.3 is 12.4 Å². The maximum absolute atomic E-state index is 12.8. The van der Waals surface area contributed by atoms with Gasteiger partial charge in [-0.05, 0) is 25.1 Å². The number of hydrogen-bond acceptors (Lipinski definition) is 2. The summed E-state index contributed by atoms with van der Waals surface area (Å²) in [5.74, 6) is -0.640. The molecule has 1 heterocycles. The summed E-state index contributed by atoms with van der Waals surface area (Å²) in [6, 6.07) is 2.43. The third-order valence-corrected chi connectivity index (χ3v) is 2.89. The van der Waals surface area contributed by atoms with Crippen LogP contribution in [0.2, 0.25) is 0 Å². The van der Waals surface area contributed by atoms with Crippen LogP contribution in [0.25, 0.3) is 11.0 Å². The lowest BCUT2D eigenvalue weighted by Crippen LogP contribution is -2.48. The Kier molecular flexibility index (Phi) is 3.01. The van der Waals surface area contributed by atoms with Gasteiger partial charge in [-0.15, -0.1) is 0 Å². The highest BCUT2D eigenvalue weighted by molar-refractivity contribution is 5.76. The lowest BCUT2D eigenvalue weighted by atomic mass is 10.0. The molecule has 2 rings (SSSR count). The van der Waals surface area contributed by atoms with Crippen molar-refractivity contribution >= 4 is 11.0 Å². The summed E-state index contributed by atoms with van der Waals surface area (Å²) in [7, 11) is 0. The lowest BCUT2D eigenvalue weighted by molar-refractivity contribution is -0.186. The smallest absolute Gasteiger partial charge is 0.340 e. The van der Waals surface area contributed by atoms with Gasteiger partial charge in [0.1, 0.15) is 5.82 Å². The fourth-order valence-corrected chi connectivity index (χ4v) is 1.57. The fourth-order valence-electron chi connectivity index (χ4n) is 1.57. The van der Waals surface area contributed by atoms with E-state index in [1.165, 1.54) is 0 Å². The van der Waals surface area contributed by atoms with Gasteiger partial charge in [0, 0.05) is 0 Å². The van der Waals surface area contributed by atoms with Crippen LogP contribution in [0.5, 0.6) is 0 Å². The Morgan fingerprint density at radius 2 is 1.70 bits per heavy atom. The molecule has 2 aromatic rings. The molecule has 0 saturated heterocycles. The van der Waals surface area contributed by atoms with Crippen LogP contribution in [0.15, 0.2) is 18.2 Å². The standard InChI is InChI=1S/C11H9F6N3/c1-9(18,11(15,16)17)8-19-6-3-2-5(10(12,13)14)4-7(6)20-8/h2-4H,18H2,1H3,(H,19,20). The predicted molar refractivity (Wildman–Crippen MR) is 58.7 cm³/mol. The first-order chi connectivity index (χ1) is 8.93. The van der Waals surface area contributed by atoms with Gasteiger partial charge in [-0.25, -0.2) is 4.98 Å². The minimum Gasteiger partial charge on any atom is -0.340 e. The molecule has 1 aromatic heterocycles. The van der Waals surface area contributed by atoms with E-state index < -0.39 is 29.3 Å². The molecular formula is C11H9F6N3. The molecule has 0 aliphatic heterocycles. The van der Waals surface area contributed by atoms with Crippen molar-refractivity contribution < 1.29 is 26.3 Å².